The van der Waals surface area contributed by atoms with Crippen LogP contribution in [0.5, 0.6) is 0 Å². The lowest BCUT2D eigenvalue weighted by molar-refractivity contribution is 0.379. The molecule has 0 spiro atoms. The first-order valence-corrected chi connectivity index (χ1v) is 10.1. The normalized spacial score (nSPS) is 20.2. The van der Waals surface area contributed by atoms with E-state index in [1.54, 1.807) is 15.6 Å². The molecule has 2 heterocycles. The zero-order valence-corrected chi connectivity index (χ0v) is 14.8. The Bertz CT molecular complexity index is 566. The molecule has 21 heavy (non-hydrogen) atoms. The van der Waals surface area contributed by atoms with Gasteiger partial charge in [-0.25, -0.2) is 8.42 Å². The minimum absolute atomic E-state index is 0.177. The van der Waals surface area contributed by atoms with Crippen molar-refractivity contribution in [3.05, 3.63) is 15.8 Å². The molecular weight excluding hydrogens is 304 g/mol. The summed E-state index contributed by atoms with van der Waals surface area (Å²) in [6.45, 7) is 8.49. The monoisotopic (exact) mass is 330 g/mol. The third kappa shape index (κ3) is 3.67. The molecule has 1 aromatic rings. The second-order valence-corrected chi connectivity index (χ2v) is 8.83. The SMILES string of the molecule is CCCNCc1cc(S(=O)(=O)N2CCCC2CC)c(C)s1. The third-order valence-corrected chi connectivity index (χ3v) is 7.29. The third-order valence-electron chi connectivity index (χ3n) is 4.03. The molecule has 1 saturated heterocycles. The lowest BCUT2D eigenvalue weighted by atomic mass is 10.2. The molecule has 1 aliphatic heterocycles. The summed E-state index contributed by atoms with van der Waals surface area (Å²) < 4.78 is 27.5. The summed E-state index contributed by atoms with van der Waals surface area (Å²) in [4.78, 5) is 2.53. The number of rotatable bonds is 7. The smallest absolute Gasteiger partial charge is 0.244 e. The van der Waals surface area contributed by atoms with Crippen molar-refractivity contribution in [2.24, 2.45) is 0 Å². The van der Waals surface area contributed by atoms with Gasteiger partial charge in [-0.15, -0.1) is 11.3 Å². The molecular formula is C15H26N2O2S2. The minimum Gasteiger partial charge on any atom is -0.312 e. The number of hydrogen-bond donors (Lipinski definition) is 1. The van der Waals surface area contributed by atoms with Crippen LogP contribution in [0.25, 0.3) is 0 Å². The molecule has 0 bridgehead atoms. The highest BCUT2D eigenvalue weighted by atomic mass is 32.2. The Labute approximate surface area is 132 Å². The maximum absolute atomic E-state index is 12.9. The predicted molar refractivity (Wildman–Crippen MR) is 88.3 cm³/mol. The summed E-state index contributed by atoms with van der Waals surface area (Å²) in [6.07, 6.45) is 3.95. The molecule has 0 aromatic carbocycles. The van der Waals surface area contributed by atoms with Gasteiger partial charge >= 0.3 is 0 Å². The van der Waals surface area contributed by atoms with Gasteiger partial charge in [-0.2, -0.15) is 4.31 Å². The zero-order valence-electron chi connectivity index (χ0n) is 13.2. The molecule has 2 rings (SSSR count). The van der Waals surface area contributed by atoms with Crippen molar-refractivity contribution >= 4 is 21.4 Å². The van der Waals surface area contributed by atoms with Gasteiger partial charge in [0.1, 0.15) is 0 Å². The van der Waals surface area contributed by atoms with Crippen LogP contribution in [0, 0.1) is 6.92 Å². The van der Waals surface area contributed by atoms with E-state index in [0.717, 1.165) is 48.5 Å². The Balaban J connectivity index is 2.20. The van der Waals surface area contributed by atoms with E-state index in [1.165, 1.54) is 0 Å². The molecule has 120 valence electrons. The Morgan fingerprint density at radius 1 is 1.43 bits per heavy atom. The van der Waals surface area contributed by atoms with E-state index >= 15 is 0 Å². The summed E-state index contributed by atoms with van der Waals surface area (Å²) in [5.74, 6) is 0. The average Bonchev–Trinajstić information content (AvgIpc) is 3.06. The number of hydrogen-bond acceptors (Lipinski definition) is 4. The summed E-state index contributed by atoms with van der Waals surface area (Å²) >= 11 is 1.59. The predicted octanol–water partition coefficient (Wildman–Crippen LogP) is 3.12. The lowest BCUT2D eigenvalue weighted by Crippen LogP contribution is -2.35. The van der Waals surface area contributed by atoms with Crippen molar-refractivity contribution in [1.82, 2.24) is 9.62 Å². The van der Waals surface area contributed by atoms with Gasteiger partial charge in [-0.05, 0) is 45.2 Å². The van der Waals surface area contributed by atoms with Gasteiger partial charge in [0.25, 0.3) is 0 Å². The van der Waals surface area contributed by atoms with Gasteiger partial charge in [0.2, 0.25) is 10.0 Å². The zero-order chi connectivity index (χ0) is 15.5. The van der Waals surface area contributed by atoms with Crippen LogP contribution in [0.2, 0.25) is 0 Å². The van der Waals surface area contributed by atoms with Crippen LogP contribution in [-0.2, 0) is 16.6 Å². The van der Waals surface area contributed by atoms with Gasteiger partial charge in [0.05, 0.1) is 4.90 Å². The molecule has 1 fully saturated rings. The van der Waals surface area contributed by atoms with Crippen LogP contribution in [0.3, 0.4) is 0 Å². The summed E-state index contributed by atoms with van der Waals surface area (Å²) in [6, 6.07) is 2.04. The maximum atomic E-state index is 12.9. The molecule has 1 aromatic heterocycles. The largest absolute Gasteiger partial charge is 0.312 e. The molecule has 0 aliphatic carbocycles. The van der Waals surface area contributed by atoms with Gasteiger partial charge < -0.3 is 5.32 Å². The quantitative estimate of drug-likeness (QED) is 0.782. The van der Waals surface area contributed by atoms with Crippen molar-refractivity contribution < 1.29 is 8.42 Å². The van der Waals surface area contributed by atoms with Crippen LogP contribution in [0.4, 0.5) is 0 Å². The molecule has 1 unspecified atom stereocenters. The van der Waals surface area contributed by atoms with E-state index in [0.29, 0.717) is 11.4 Å². The Kier molecular flexibility index (Phi) is 5.82. The first-order chi connectivity index (χ1) is 10.0. The second kappa shape index (κ2) is 7.22. The number of aryl methyl sites for hydroxylation is 1. The fourth-order valence-electron chi connectivity index (χ4n) is 2.92. The van der Waals surface area contributed by atoms with Crippen molar-refractivity contribution in [2.75, 3.05) is 13.1 Å². The molecule has 4 nitrogen and oxygen atoms in total. The number of sulfonamides is 1. The van der Waals surface area contributed by atoms with E-state index in [4.69, 9.17) is 0 Å². The topological polar surface area (TPSA) is 49.4 Å². The Morgan fingerprint density at radius 2 is 2.19 bits per heavy atom. The summed E-state index contributed by atoms with van der Waals surface area (Å²) in [5.41, 5.74) is 0. The van der Waals surface area contributed by atoms with E-state index in [2.05, 4.69) is 19.2 Å². The van der Waals surface area contributed by atoms with Crippen molar-refractivity contribution in [3.8, 4) is 0 Å². The van der Waals surface area contributed by atoms with Crippen molar-refractivity contribution in [3.63, 3.8) is 0 Å². The van der Waals surface area contributed by atoms with Crippen LogP contribution >= 0.6 is 11.3 Å². The fraction of sp³-hybridized carbons (Fsp3) is 0.733. The summed E-state index contributed by atoms with van der Waals surface area (Å²) in [5, 5.41) is 3.33. The first-order valence-electron chi connectivity index (χ1n) is 7.82. The average molecular weight is 331 g/mol. The number of nitrogens with zero attached hydrogens (tertiary/aromatic N) is 1. The van der Waals surface area contributed by atoms with Crippen LogP contribution in [0.15, 0.2) is 11.0 Å². The highest BCUT2D eigenvalue weighted by molar-refractivity contribution is 7.89. The van der Waals surface area contributed by atoms with E-state index < -0.39 is 10.0 Å². The molecule has 1 aliphatic rings. The molecule has 6 heteroatoms. The van der Waals surface area contributed by atoms with Crippen molar-refractivity contribution in [1.29, 1.82) is 0 Å². The number of nitrogens with one attached hydrogen (secondary N) is 1. The standard InChI is InChI=1S/C15H26N2O2S2/c1-4-8-16-11-14-10-15(12(3)20-14)21(18,19)17-9-6-7-13(17)5-2/h10,13,16H,4-9,11H2,1-3H3. The highest BCUT2D eigenvalue weighted by Crippen LogP contribution is 2.32. The van der Waals surface area contributed by atoms with E-state index in [1.807, 2.05) is 13.0 Å². The van der Waals surface area contributed by atoms with Crippen LogP contribution in [0.1, 0.15) is 49.3 Å². The van der Waals surface area contributed by atoms with Gasteiger partial charge in [0, 0.05) is 28.9 Å². The second-order valence-electron chi connectivity index (χ2n) is 5.63. The first kappa shape index (κ1) is 16.9. The fourth-order valence-corrected chi connectivity index (χ4v) is 6.26. The molecule has 0 radical (unpaired) electrons. The lowest BCUT2D eigenvalue weighted by Gasteiger charge is -2.22. The Morgan fingerprint density at radius 3 is 2.86 bits per heavy atom. The highest BCUT2D eigenvalue weighted by Gasteiger charge is 2.35. The van der Waals surface area contributed by atoms with E-state index in [-0.39, 0.29) is 6.04 Å². The van der Waals surface area contributed by atoms with Crippen LogP contribution < -0.4 is 5.32 Å². The molecule has 0 saturated carbocycles. The van der Waals surface area contributed by atoms with Gasteiger partial charge in [-0.1, -0.05) is 13.8 Å². The minimum atomic E-state index is -3.32. The van der Waals surface area contributed by atoms with E-state index in [9.17, 15) is 8.42 Å². The molecule has 1 atom stereocenters. The van der Waals surface area contributed by atoms with Gasteiger partial charge in [0.15, 0.2) is 0 Å². The van der Waals surface area contributed by atoms with Crippen LogP contribution in [-0.4, -0.2) is 31.9 Å². The maximum Gasteiger partial charge on any atom is 0.244 e. The number of thiophene rings is 1. The molecule has 0 amide bonds. The summed E-state index contributed by atoms with van der Waals surface area (Å²) in [7, 11) is -3.32. The van der Waals surface area contributed by atoms with Gasteiger partial charge in [-0.3, -0.25) is 0 Å². The van der Waals surface area contributed by atoms with Crippen molar-refractivity contribution in [2.45, 2.75) is 63.9 Å². The Hall–Kier alpha value is -0.430. The molecule has 1 N–H and O–H groups in total.